The van der Waals surface area contributed by atoms with E-state index < -0.39 is 0 Å². The van der Waals surface area contributed by atoms with Gasteiger partial charge in [0.2, 0.25) is 0 Å². The van der Waals surface area contributed by atoms with Crippen molar-refractivity contribution >= 4 is 63.8 Å². The Kier molecular flexibility index (Phi) is 4.49. The Balaban J connectivity index is 1.44. The number of hydrogen-bond acceptors (Lipinski definition) is 1. The average molecular weight is 487 g/mol. The summed E-state index contributed by atoms with van der Waals surface area (Å²) in [5, 5.41) is 10.4. The minimum Gasteiger partial charge on any atom is -0.135 e. The van der Waals surface area contributed by atoms with Crippen LogP contribution in [-0.4, -0.2) is 0 Å². The fourth-order valence-electron chi connectivity index (χ4n) is 6.01. The van der Waals surface area contributed by atoms with Crippen LogP contribution in [-0.2, 0) is 0 Å². The number of rotatable bonds is 2. The Morgan fingerprint density at radius 1 is 0.324 bits per heavy atom. The van der Waals surface area contributed by atoms with Crippen LogP contribution in [0.3, 0.4) is 0 Å². The van der Waals surface area contributed by atoms with Gasteiger partial charge < -0.3 is 0 Å². The normalized spacial score (nSPS) is 11.8. The molecule has 0 fully saturated rings. The molecule has 0 N–H and O–H groups in total. The van der Waals surface area contributed by atoms with Crippen molar-refractivity contribution in [3.63, 3.8) is 0 Å². The van der Waals surface area contributed by atoms with Crippen LogP contribution in [0.4, 0.5) is 0 Å². The van der Waals surface area contributed by atoms with Gasteiger partial charge in [-0.25, -0.2) is 0 Å². The second kappa shape index (κ2) is 8.03. The van der Waals surface area contributed by atoms with Gasteiger partial charge in [0.1, 0.15) is 0 Å². The molecule has 1 aromatic heterocycles. The van der Waals surface area contributed by atoms with Crippen molar-refractivity contribution < 1.29 is 0 Å². The van der Waals surface area contributed by atoms with Gasteiger partial charge in [-0.15, -0.1) is 11.3 Å². The summed E-state index contributed by atoms with van der Waals surface area (Å²) in [6, 6.07) is 48.9. The maximum Gasteiger partial charge on any atom is 0.0434 e. The molecule has 0 bridgehead atoms. The van der Waals surface area contributed by atoms with Crippen LogP contribution in [0.5, 0.6) is 0 Å². The summed E-state index contributed by atoms with van der Waals surface area (Å²) >= 11 is 1.90. The summed E-state index contributed by atoms with van der Waals surface area (Å²) in [5.41, 5.74) is 5.17. The van der Waals surface area contributed by atoms with Crippen LogP contribution >= 0.6 is 11.3 Å². The van der Waals surface area contributed by atoms with Crippen molar-refractivity contribution in [2.24, 2.45) is 0 Å². The van der Waals surface area contributed by atoms with Crippen LogP contribution in [0, 0.1) is 0 Å². The monoisotopic (exact) mass is 486 g/mol. The molecule has 0 unspecified atom stereocenters. The average Bonchev–Trinajstić information content (AvgIpc) is 3.35. The smallest absolute Gasteiger partial charge is 0.0434 e. The maximum atomic E-state index is 2.37. The van der Waals surface area contributed by atoms with Crippen molar-refractivity contribution in [3.05, 3.63) is 133 Å². The van der Waals surface area contributed by atoms with Gasteiger partial charge in [-0.05, 0) is 61.1 Å². The van der Waals surface area contributed by atoms with E-state index in [0.717, 1.165) is 0 Å². The highest BCUT2D eigenvalue weighted by atomic mass is 32.1. The van der Waals surface area contributed by atoms with Gasteiger partial charge in [0.15, 0.2) is 0 Å². The van der Waals surface area contributed by atoms with Gasteiger partial charge in [0.05, 0.1) is 0 Å². The zero-order chi connectivity index (χ0) is 24.3. The van der Waals surface area contributed by atoms with Crippen LogP contribution in [0.1, 0.15) is 0 Å². The summed E-state index contributed by atoms with van der Waals surface area (Å²) < 4.78 is 2.70. The number of hydrogen-bond donors (Lipinski definition) is 0. The van der Waals surface area contributed by atoms with E-state index in [1.807, 2.05) is 11.3 Å². The Labute approximate surface area is 219 Å². The number of thiophene rings is 1. The highest BCUT2D eigenvalue weighted by Gasteiger charge is 2.16. The summed E-state index contributed by atoms with van der Waals surface area (Å²) in [6.45, 7) is 0. The summed E-state index contributed by atoms with van der Waals surface area (Å²) in [7, 11) is 0. The van der Waals surface area contributed by atoms with Gasteiger partial charge in [-0.1, -0.05) is 121 Å². The molecule has 0 nitrogen and oxygen atoms in total. The largest absolute Gasteiger partial charge is 0.135 e. The minimum atomic E-state index is 1.28. The molecule has 0 radical (unpaired) electrons. The lowest BCUT2D eigenvalue weighted by atomic mass is 9.88. The van der Waals surface area contributed by atoms with E-state index in [9.17, 15) is 0 Å². The third-order valence-corrected chi connectivity index (χ3v) is 8.90. The first-order chi connectivity index (χ1) is 18.4. The van der Waals surface area contributed by atoms with Crippen molar-refractivity contribution in [2.45, 2.75) is 0 Å². The molecule has 0 aliphatic rings. The lowest BCUT2D eigenvalue weighted by Crippen LogP contribution is -1.89. The molecule has 0 saturated heterocycles. The molecule has 0 spiro atoms. The fourth-order valence-corrected chi connectivity index (χ4v) is 7.24. The lowest BCUT2D eigenvalue weighted by Gasteiger charge is -2.16. The second-order valence-electron chi connectivity index (χ2n) is 9.68. The van der Waals surface area contributed by atoms with E-state index in [-0.39, 0.29) is 0 Å². The molecule has 8 aromatic rings. The van der Waals surface area contributed by atoms with Crippen molar-refractivity contribution in [1.82, 2.24) is 0 Å². The van der Waals surface area contributed by atoms with Gasteiger partial charge in [-0.3, -0.25) is 0 Å². The Morgan fingerprint density at radius 3 is 1.62 bits per heavy atom. The Morgan fingerprint density at radius 2 is 0.865 bits per heavy atom. The van der Waals surface area contributed by atoms with E-state index in [1.165, 1.54) is 74.7 Å². The minimum absolute atomic E-state index is 1.28. The molecule has 172 valence electrons. The molecule has 0 aliphatic heterocycles. The summed E-state index contributed by atoms with van der Waals surface area (Å²) in [4.78, 5) is 0. The summed E-state index contributed by atoms with van der Waals surface area (Å²) in [6.07, 6.45) is 0. The van der Waals surface area contributed by atoms with Crippen LogP contribution in [0.25, 0.3) is 74.7 Å². The number of fused-ring (bicyclic) bond motifs is 7. The quantitative estimate of drug-likeness (QED) is 0.213. The first-order valence-corrected chi connectivity index (χ1v) is 13.5. The zero-order valence-corrected chi connectivity index (χ0v) is 20.9. The zero-order valence-electron chi connectivity index (χ0n) is 20.1. The van der Waals surface area contributed by atoms with Crippen LogP contribution < -0.4 is 0 Å². The van der Waals surface area contributed by atoms with Gasteiger partial charge in [-0.2, -0.15) is 0 Å². The van der Waals surface area contributed by atoms with Crippen molar-refractivity contribution in [3.8, 4) is 22.3 Å². The lowest BCUT2D eigenvalue weighted by molar-refractivity contribution is 1.68. The van der Waals surface area contributed by atoms with Gasteiger partial charge in [0.25, 0.3) is 0 Å². The molecule has 0 amide bonds. The predicted octanol–water partition coefficient (Wildman–Crippen LogP) is 10.8. The summed E-state index contributed by atoms with van der Waals surface area (Å²) in [5.74, 6) is 0. The molecular formula is C36H22S. The molecule has 0 aliphatic carbocycles. The van der Waals surface area contributed by atoms with Crippen LogP contribution in [0.2, 0.25) is 0 Å². The van der Waals surface area contributed by atoms with E-state index >= 15 is 0 Å². The van der Waals surface area contributed by atoms with E-state index in [2.05, 4.69) is 133 Å². The standard InChI is InChI=1S/C36H22S/c1-2-11-24-23(10-1)22-34(28-15-6-3-12-25(24)28)30-21-20-29(26-13-4-5-14-27(26)30)32-17-9-18-33-31-16-7-8-19-35(31)37-36(32)33/h1-22H. The van der Waals surface area contributed by atoms with Crippen LogP contribution in [0.15, 0.2) is 133 Å². The van der Waals surface area contributed by atoms with E-state index in [4.69, 9.17) is 0 Å². The highest BCUT2D eigenvalue weighted by Crippen LogP contribution is 2.44. The first-order valence-electron chi connectivity index (χ1n) is 12.7. The van der Waals surface area contributed by atoms with Gasteiger partial charge >= 0.3 is 0 Å². The molecule has 37 heavy (non-hydrogen) atoms. The predicted molar refractivity (Wildman–Crippen MR) is 163 cm³/mol. The molecule has 8 rings (SSSR count). The van der Waals surface area contributed by atoms with Gasteiger partial charge in [0, 0.05) is 25.7 Å². The third kappa shape index (κ3) is 3.08. The molecule has 7 aromatic carbocycles. The first kappa shape index (κ1) is 20.7. The SMILES string of the molecule is c1ccc2c(c1)cc(-c1ccc(-c3cccc4c3sc3ccccc34)c3ccccc13)c1ccccc12. The fraction of sp³-hybridized carbons (Fsp3) is 0. The van der Waals surface area contributed by atoms with E-state index in [1.54, 1.807) is 0 Å². The highest BCUT2D eigenvalue weighted by molar-refractivity contribution is 7.26. The van der Waals surface area contributed by atoms with Crippen molar-refractivity contribution in [1.29, 1.82) is 0 Å². The third-order valence-electron chi connectivity index (χ3n) is 7.68. The molecule has 0 atom stereocenters. The number of benzene rings is 7. The Bertz CT molecular complexity index is 2140. The topological polar surface area (TPSA) is 0 Å². The molecule has 1 heteroatoms. The second-order valence-corrected chi connectivity index (χ2v) is 10.7. The molecule has 0 saturated carbocycles. The molecular weight excluding hydrogens is 464 g/mol. The molecule has 1 heterocycles. The maximum absolute atomic E-state index is 2.37. The Hall–Kier alpha value is -4.46. The van der Waals surface area contributed by atoms with Crippen molar-refractivity contribution in [2.75, 3.05) is 0 Å². The van der Waals surface area contributed by atoms with E-state index in [0.29, 0.717) is 0 Å².